The van der Waals surface area contributed by atoms with E-state index in [0.29, 0.717) is 5.75 Å². The van der Waals surface area contributed by atoms with Gasteiger partial charge in [0, 0.05) is 17.2 Å². The molecule has 1 saturated heterocycles. The lowest BCUT2D eigenvalue weighted by Crippen LogP contribution is -2.25. The van der Waals surface area contributed by atoms with Crippen LogP contribution in [0.4, 0.5) is 5.69 Å². The van der Waals surface area contributed by atoms with E-state index in [1.165, 1.54) is 6.42 Å². The monoisotopic (exact) mass is 253 g/mol. The predicted molar refractivity (Wildman–Crippen MR) is 70.5 cm³/mol. The van der Waals surface area contributed by atoms with Gasteiger partial charge >= 0.3 is 0 Å². The number of aryl methyl sites for hydroxylation is 1. The fraction of sp³-hybridized carbons (Fsp3) is 0.538. The Bertz CT molecular complexity index is 414. The first-order valence-corrected chi connectivity index (χ1v) is 7.35. The van der Waals surface area contributed by atoms with Crippen LogP contribution in [0.1, 0.15) is 24.8 Å². The van der Waals surface area contributed by atoms with Crippen LogP contribution in [0, 0.1) is 6.92 Å². The highest BCUT2D eigenvalue weighted by Gasteiger charge is 2.18. The standard InChI is InChI=1S/C13H19NO2S/c1-10-8-11(14)5-6-13(10)17(15)9-12-4-2-3-7-16-12/h5-6,8,12H,2-4,7,9,14H2,1H3. The maximum absolute atomic E-state index is 12.2. The normalized spacial score (nSPS) is 22.3. The van der Waals surface area contributed by atoms with Crippen LogP contribution in [0.3, 0.4) is 0 Å². The van der Waals surface area contributed by atoms with Crippen molar-refractivity contribution in [2.75, 3.05) is 18.1 Å². The summed E-state index contributed by atoms with van der Waals surface area (Å²) in [6.07, 6.45) is 3.49. The molecule has 2 atom stereocenters. The topological polar surface area (TPSA) is 52.3 Å². The molecule has 0 spiro atoms. The molecule has 94 valence electrons. The maximum atomic E-state index is 12.2. The van der Waals surface area contributed by atoms with E-state index in [2.05, 4.69) is 0 Å². The zero-order valence-electron chi connectivity index (χ0n) is 10.1. The van der Waals surface area contributed by atoms with E-state index >= 15 is 0 Å². The van der Waals surface area contributed by atoms with Crippen molar-refractivity contribution in [3.8, 4) is 0 Å². The molecule has 1 aliphatic heterocycles. The van der Waals surface area contributed by atoms with E-state index in [1.54, 1.807) is 0 Å². The molecule has 3 nitrogen and oxygen atoms in total. The highest BCUT2D eigenvalue weighted by molar-refractivity contribution is 7.85. The van der Waals surface area contributed by atoms with Crippen LogP contribution in [-0.2, 0) is 15.5 Å². The minimum absolute atomic E-state index is 0.154. The van der Waals surface area contributed by atoms with Crippen molar-refractivity contribution in [2.45, 2.75) is 37.2 Å². The lowest BCUT2D eigenvalue weighted by atomic mass is 10.1. The molecule has 17 heavy (non-hydrogen) atoms. The summed E-state index contributed by atoms with van der Waals surface area (Å²) in [6.45, 7) is 2.76. The molecular formula is C13H19NO2S. The number of rotatable bonds is 3. The Morgan fingerprint density at radius 2 is 2.29 bits per heavy atom. The molecule has 2 unspecified atom stereocenters. The van der Waals surface area contributed by atoms with Crippen molar-refractivity contribution >= 4 is 16.5 Å². The molecule has 0 saturated carbocycles. The molecule has 0 radical (unpaired) electrons. The number of ether oxygens (including phenoxy) is 1. The summed E-state index contributed by atoms with van der Waals surface area (Å²) in [4.78, 5) is 0.883. The molecular weight excluding hydrogens is 234 g/mol. The fourth-order valence-electron chi connectivity index (χ4n) is 2.13. The van der Waals surface area contributed by atoms with Crippen molar-refractivity contribution in [2.24, 2.45) is 0 Å². The van der Waals surface area contributed by atoms with Gasteiger partial charge in [-0.2, -0.15) is 0 Å². The summed E-state index contributed by atoms with van der Waals surface area (Å²) in [6, 6.07) is 5.54. The third-order valence-corrected chi connectivity index (χ3v) is 4.68. The number of hydrogen-bond donors (Lipinski definition) is 1. The number of nitrogen functional groups attached to an aromatic ring is 1. The second kappa shape index (κ2) is 5.65. The fourth-order valence-corrected chi connectivity index (χ4v) is 3.54. The third-order valence-electron chi connectivity index (χ3n) is 3.06. The van der Waals surface area contributed by atoms with Gasteiger partial charge in [-0.1, -0.05) is 0 Å². The third kappa shape index (κ3) is 3.30. The van der Waals surface area contributed by atoms with Crippen molar-refractivity contribution < 1.29 is 8.95 Å². The molecule has 0 aromatic heterocycles. The van der Waals surface area contributed by atoms with E-state index in [4.69, 9.17) is 10.5 Å². The van der Waals surface area contributed by atoms with Gasteiger partial charge in [-0.25, -0.2) is 0 Å². The number of benzene rings is 1. The summed E-state index contributed by atoms with van der Waals surface area (Å²) < 4.78 is 17.9. The first kappa shape index (κ1) is 12.6. The van der Waals surface area contributed by atoms with Crippen molar-refractivity contribution in [1.82, 2.24) is 0 Å². The minimum atomic E-state index is -0.981. The Balaban J connectivity index is 2.03. The first-order chi connectivity index (χ1) is 8.16. The molecule has 0 bridgehead atoms. The van der Waals surface area contributed by atoms with Crippen LogP contribution in [0.2, 0.25) is 0 Å². The average molecular weight is 253 g/mol. The summed E-state index contributed by atoms with van der Waals surface area (Å²) in [5, 5.41) is 0. The Hall–Kier alpha value is -0.870. The Morgan fingerprint density at radius 3 is 2.94 bits per heavy atom. The maximum Gasteiger partial charge on any atom is 0.0693 e. The molecule has 1 heterocycles. The van der Waals surface area contributed by atoms with Gasteiger partial charge in [0.15, 0.2) is 0 Å². The number of anilines is 1. The van der Waals surface area contributed by atoms with E-state index in [0.717, 1.165) is 35.6 Å². The highest BCUT2D eigenvalue weighted by atomic mass is 32.2. The second-order valence-corrected chi connectivity index (χ2v) is 5.99. The summed E-state index contributed by atoms with van der Waals surface area (Å²) in [7, 11) is -0.981. The molecule has 1 aromatic carbocycles. The van der Waals surface area contributed by atoms with Crippen LogP contribution in [-0.4, -0.2) is 22.7 Å². The SMILES string of the molecule is Cc1cc(N)ccc1S(=O)CC1CCCCO1. The summed E-state index contributed by atoms with van der Waals surface area (Å²) in [5.74, 6) is 0.602. The van der Waals surface area contributed by atoms with E-state index in [1.807, 2.05) is 25.1 Å². The molecule has 1 fully saturated rings. The van der Waals surface area contributed by atoms with Gasteiger partial charge in [-0.15, -0.1) is 0 Å². The van der Waals surface area contributed by atoms with Crippen molar-refractivity contribution in [3.63, 3.8) is 0 Å². The van der Waals surface area contributed by atoms with Gasteiger partial charge in [0.25, 0.3) is 0 Å². The highest BCUT2D eigenvalue weighted by Crippen LogP contribution is 2.20. The molecule has 1 aliphatic rings. The zero-order valence-corrected chi connectivity index (χ0v) is 11.0. The number of nitrogens with two attached hydrogens (primary N) is 1. The lowest BCUT2D eigenvalue weighted by molar-refractivity contribution is 0.0310. The quantitative estimate of drug-likeness (QED) is 0.841. The van der Waals surface area contributed by atoms with Gasteiger partial charge in [0.1, 0.15) is 0 Å². The number of hydrogen-bond acceptors (Lipinski definition) is 3. The van der Waals surface area contributed by atoms with Crippen LogP contribution in [0.25, 0.3) is 0 Å². The van der Waals surface area contributed by atoms with Crippen molar-refractivity contribution in [3.05, 3.63) is 23.8 Å². The molecule has 2 rings (SSSR count). The van der Waals surface area contributed by atoms with Gasteiger partial charge < -0.3 is 10.5 Å². The Morgan fingerprint density at radius 1 is 1.47 bits per heavy atom. The van der Waals surface area contributed by atoms with Gasteiger partial charge in [-0.05, 0) is 49.9 Å². The largest absolute Gasteiger partial charge is 0.399 e. The van der Waals surface area contributed by atoms with Crippen LogP contribution < -0.4 is 5.73 Å². The lowest BCUT2D eigenvalue weighted by Gasteiger charge is -2.22. The first-order valence-electron chi connectivity index (χ1n) is 6.03. The smallest absolute Gasteiger partial charge is 0.0693 e. The van der Waals surface area contributed by atoms with Crippen LogP contribution in [0.15, 0.2) is 23.1 Å². The molecule has 0 aliphatic carbocycles. The van der Waals surface area contributed by atoms with E-state index in [-0.39, 0.29) is 6.10 Å². The molecule has 2 N–H and O–H groups in total. The van der Waals surface area contributed by atoms with Gasteiger partial charge in [0.2, 0.25) is 0 Å². The molecule has 4 heteroatoms. The van der Waals surface area contributed by atoms with Gasteiger partial charge in [0.05, 0.1) is 22.7 Å². The second-order valence-electron chi connectivity index (χ2n) is 4.53. The van der Waals surface area contributed by atoms with Crippen LogP contribution in [0.5, 0.6) is 0 Å². The van der Waals surface area contributed by atoms with Gasteiger partial charge in [-0.3, -0.25) is 4.21 Å². The molecule has 1 aromatic rings. The van der Waals surface area contributed by atoms with Crippen molar-refractivity contribution in [1.29, 1.82) is 0 Å². The van der Waals surface area contributed by atoms with E-state index < -0.39 is 10.8 Å². The molecule has 0 amide bonds. The van der Waals surface area contributed by atoms with E-state index in [9.17, 15) is 4.21 Å². The zero-order chi connectivity index (χ0) is 12.3. The summed E-state index contributed by atoms with van der Waals surface area (Å²) >= 11 is 0. The Kier molecular flexibility index (Phi) is 4.18. The summed E-state index contributed by atoms with van der Waals surface area (Å²) in [5.41, 5.74) is 7.41. The predicted octanol–water partition coefficient (Wildman–Crippen LogP) is 2.25. The average Bonchev–Trinajstić information content (AvgIpc) is 2.30. The Labute approximate surface area is 105 Å². The van der Waals surface area contributed by atoms with Crippen LogP contribution >= 0.6 is 0 Å². The minimum Gasteiger partial charge on any atom is -0.399 e.